The Morgan fingerprint density at radius 2 is 2.10 bits per heavy atom. The quantitative estimate of drug-likeness (QED) is 0.475. The second-order valence-corrected chi connectivity index (χ2v) is 5.80. The van der Waals surface area contributed by atoms with E-state index >= 15 is 0 Å². The van der Waals surface area contributed by atoms with Crippen molar-refractivity contribution >= 4 is 33.4 Å². The molecule has 3 nitrogen and oxygen atoms in total. The molecule has 0 amide bonds. The van der Waals surface area contributed by atoms with Crippen molar-refractivity contribution in [3.8, 4) is 5.75 Å². The molecular weight excluding hydrogens is 359 g/mol. The molecule has 0 saturated carbocycles. The van der Waals surface area contributed by atoms with Gasteiger partial charge in [0.2, 0.25) is 0 Å². The van der Waals surface area contributed by atoms with E-state index in [4.69, 9.17) is 27.5 Å². The van der Waals surface area contributed by atoms with Crippen LogP contribution in [0.25, 0.3) is 0 Å². The van der Waals surface area contributed by atoms with Gasteiger partial charge in [-0.3, -0.25) is 5.41 Å². The summed E-state index contributed by atoms with van der Waals surface area (Å²) in [7, 11) is 0. The molecule has 2 aromatic rings. The molecule has 0 radical (unpaired) electrons. The van der Waals surface area contributed by atoms with Crippen molar-refractivity contribution in [2.24, 2.45) is 5.73 Å². The standard InChI is InChI=1S/C15H13BrClFN2O/c1-8-4-9(15(19)20)2-3-10(8)7-21-14-6-13(18)12(17)5-11(14)16/h2-6H,7H2,1H3,(H3,19,20). The summed E-state index contributed by atoms with van der Waals surface area (Å²) in [6, 6.07) is 8.11. The van der Waals surface area contributed by atoms with Crippen LogP contribution in [-0.2, 0) is 6.61 Å². The predicted molar refractivity (Wildman–Crippen MR) is 85.6 cm³/mol. The number of amidine groups is 1. The molecule has 0 aliphatic carbocycles. The maximum atomic E-state index is 13.4. The molecule has 2 aromatic carbocycles. The lowest BCUT2D eigenvalue weighted by Gasteiger charge is -2.12. The molecule has 0 spiro atoms. The van der Waals surface area contributed by atoms with E-state index in [1.54, 1.807) is 6.07 Å². The lowest BCUT2D eigenvalue weighted by atomic mass is 10.1. The highest BCUT2D eigenvalue weighted by Crippen LogP contribution is 2.31. The minimum absolute atomic E-state index is 0.0214. The summed E-state index contributed by atoms with van der Waals surface area (Å²) in [5.41, 5.74) is 7.99. The highest BCUT2D eigenvalue weighted by Gasteiger charge is 2.09. The lowest BCUT2D eigenvalue weighted by molar-refractivity contribution is 0.302. The maximum Gasteiger partial charge on any atom is 0.145 e. The highest BCUT2D eigenvalue weighted by molar-refractivity contribution is 9.10. The van der Waals surface area contributed by atoms with Gasteiger partial charge in [-0.25, -0.2) is 4.39 Å². The number of benzene rings is 2. The lowest BCUT2D eigenvalue weighted by Crippen LogP contribution is -2.11. The first-order valence-corrected chi connectivity index (χ1v) is 7.27. The van der Waals surface area contributed by atoms with E-state index in [0.29, 0.717) is 15.8 Å². The van der Waals surface area contributed by atoms with E-state index < -0.39 is 5.82 Å². The molecule has 6 heteroatoms. The van der Waals surface area contributed by atoms with Crippen molar-refractivity contribution in [3.63, 3.8) is 0 Å². The van der Waals surface area contributed by atoms with Gasteiger partial charge in [-0.05, 0) is 46.1 Å². The van der Waals surface area contributed by atoms with Gasteiger partial charge in [0.15, 0.2) is 0 Å². The first-order chi connectivity index (χ1) is 9.88. The van der Waals surface area contributed by atoms with Gasteiger partial charge in [0.1, 0.15) is 24.0 Å². The summed E-state index contributed by atoms with van der Waals surface area (Å²) < 4.78 is 19.6. The summed E-state index contributed by atoms with van der Waals surface area (Å²) >= 11 is 8.97. The third-order valence-electron chi connectivity index (χ3n) is 3.01. The van der Waals surface area contributed by atoms with E-state index in [-0.39, 0.29) is 17.5 Å². The molecule has 0 aliphatic heterocycles. The fourth-order valence-corrected chi connectivity index (χ4v) is 2.55. The number of nitrogen functional groups attached to an aromatic ring is 1. The van der Waals surface area contributed by atoms with E-state index in [9.17, 15) is 4.39 Å². The summed E-state index contributed by atoms with van der Waals surface area (Å²) in [6.07, 6.45) is 0. The van der Waals surface area contributed by atoms with Gasteiger partial charge in [0.05, 0.1) is 9.50 Å². The maximum absolute atomic E-state index is 13.4. The van der Waals surface area contributed by atoms with Crippen LogP contribution in [0.3, 0.4) is 0 Å². The molecule has 0 aromatic heterocycles. The predicted octanol–water partition coefficient (Wildman–Crippen LogP) is 4.41. The molecule has 2 rings (SSSR count). The van der Waals surface area contributed by atoms with E-state index in [2.05, 4.69) is 15.9 Å². The molecule has 0 heterocycles. The molecule has 0 saturated heterocycles. The Hall–Kier alpha value is -1.59. The van der Waals surface area contributed by atoms with Crippen molar-refractivity contribution in [1.29, 1.82) is 5.41 Å². The van der Waals surface area contributed by atoms with Crippen molar-refractivity contribution in [3.05, 3.63) is 62.3 Å². The fraction of sp³-hybridized carbons (Fsp3) is 0.133. The number of halogens is 3. The van der Waals surface area contributed by atoms with Crippen LogP contribution in [0.1, 0.15) is 16.7 Å². The van der Waals surface area contributed by atoms with Crippen LogP contribution < -0.4 is 10.5 Å². The third-order valence-corrected chi connectivity index (χ3v) is 3.92. The van der Waals surface area contributed by atoms with E-state index in [1.165, 1.54) is 12.1 Å². The normalized spacial score (nSPS) is 10.5. The van der Waals surface area contributed by atoms with Crippen molar-refractivity contribution in [1.82, 2.24) is 0 Å². The van der Waals surface area contributed by atoms with Crippen LogP contribution in [0.5, 0.6) is 5.75 Å². The Kier molecular flexibility index (Phi) is 4.85. The Labute approximate surface area is 135 Å². The zero-order valence-corrected chi connectivity index (χ0v) is 13.6. The first-order valence-electron chi connectivity index (χ1n) is 6.09. The molecule has 0 aliphatic rings. The molecule has 110 valence electrons. The van der Waals surface area contributed by atoms with Crippen LogP contribution in [0.4, 0.5) is 4.39 Å². The molecule has 0 bridgehead atoms. The smallest absolute Gasteiger partial charge is 0.145 e. The molecule has 0 unspecified atom stereocenters. The Bertz CT molecular complexity index is 706. The summed E-state index contributed by atoms with van der Waals surface area (Å²) in [5, 5.41) is 7.44. The monoisotopic (exact) mass is 370 g/mol. The second-order valence-electron chi connectivity index (χ2n) is 4.54. The Morgan fingerprint density at radius 1 is 1.38 bits per heavy atom. The summed E-state index contributed by atoms with van der Waals surface area (Å²) in [5.74, 6) is -0.126. The number of nitrogens with one attached hydrogen (secondary N) is 1. The average Bonchev–Trinajstić information content (AvgIpc) is 2.42. The molecule has 0 atom stereocenters. The van der Waals surface area contributed by atoms with Crippen molar-refractivity contribution < 1.29 is 9.13 Å². The zero-order valence-electron chi connectivity index (χ0n) is 11.2. The topological polar surface area (TPSA) is 59.1 Å². The number of aryl methyl sites for hydroxylation is 1. The average molecular weight is 372 g/mol. The SMILES string of the molecule is Cc1cc(C(=N)N)ccc1COc1cc(F)c(Cl)cc1Br. The molecule has 21 heavy (non-hydrogen) atoms. The van der Waals surface area contributed by atoms with Gasteiger partial charge < -0.3 is 10.5 Å². The first kappa shape index (κ1) is 15.8. The van der Waals surface area contributed by atoms with Crippen LogP contribution in [-0.4, -0.2) is 5.84 Å². The Morgan fingerprint density at radius 3 is 2.71 bits per heavy atom. The van der Waals surface area contributed by atoms with Gasteiger partial charge in [-0.15, -0.1) is 0 Å². The van der Waals surface area contributed by atoms with Gasteiger partial charge in [0, 0.05) is 11.6 Å². The highest BCUT2D eigenvalue weighted by atomic mass is 79.9. The third kappa shape index (κ3) is 3.74. The Balaban J connectivity index is 2.17. The minimum atomic E-state index is -0.529. The summed E-state index contributed by atoms with van der Waals surface area (Å²) in [4.78, 5) is 0. The number of hydrogen-bond acceptors (Lipinski definition) is 2. The molecule has 3 N–H and O–H groups in total. The zero-order chi connectivity index (χ0) is 15.6. The summed E-state index contributed by atoms with van der Waals surface area (Å²) in [6.45, 7) is 2.19. The number of rotatable bonds is 4. The fourth-order valence-electron chi connectivity index (χ4n) is 1.80. The van der Waals surface area contributed by atoms with Crippen molar-refractivity contribution in [2.45, 2.75) is 13.5 Å². The number of ether oxygens (including phenoxy) is 1. The van der Waals surface area contributed by atoms with Crippen molar-refractivity contribution in [2.75, 3.05) is 0 Å². The van der Waals surface area contributed by atoms with Crippen LogP contribution in [0.15, 0.2) is 34.8 Å². The number of nitrogens with two attached hydrogens (primary N) is 1. The van der Waals surface area contributed by atoms with Gasteiger partial charge in [0.25, 0.3) is 0 Å². The minimum Gasteiger partial charge on any atom is -0.488 e. The van der Waals surface area contributed by atoms with Crippen LogP contribution in [0.2, 0.25) is 5.02 Å². The van der Waals surface area contributed by atoms with Gasteiger partial charge in [-0.2, -0.15) is 0 Å². The largest absolute Gasteiger partial charge is 0.488 e. The molecule has 0 fully saturated rings. The second kappa shape index (κ2) is 6.45. The van der Waals surface area contributed by atoms with E-state index in [0.717, 1.165) is 11.1 Å². The van der Waals surface area contributed by atoms with E-state index in [1.807, 2.05) is 19.1 Å². The van der Waals surface area contributed by atoms with Crippen LogP contribution in [0, 0.1) is 18.2 Å². The number of hydrogen-bond donors (Lipinski definition) is 2. The van der Waals surface area contributed by atoms with Gasteiger partial charge in [-0.1, -0.05) is 23.7 Å². The van der Waals surface area contributed by atoms with Gasteiger partial charge >= 0.3 is 0 Å². The molecular formula is C15H13BrClFN2O. The van der Waals surface area contributed by atoms with Crippen LogP contribution >= 0.6 is 27.5 Å².